The fourth-order valence-electron chi connectivity index (χ4n) is 3.23. The molecule has 0 fully saturated rings. The summed E-state index contributed by atoms with van der Waals surface area (Å²) in [5.41, 5.74) is 0.583. The van der Waals surface area contributed by atoms with Gasteiger partial charge in [0.15, 0.2) is 8.32 Å². The lowest BCUT2D eigenvalue weighted by molar-refractivity contribution is 0.0161. The molecule has 0 saturated heterocycles. The highest BCUT2D eigenvalue weighted by Crippen LogP contribution is 2.38. The Kier molecular flexibility index (Phi) is 12.4. The Bertz CT molecular complexity index is 787. The molecule has 1 aromatic carbocycles. The fourth-order valence-corrected chi connectivity index (χ4v) is 4.64. The van der Waals surface area contributed by atoms with Crippen molar-refractivity contribution in [2.75, 3.05) is 33.9 Å². The van der Waals surface area contributed by atoms with Gasteiger partial charge in [0.1, 0.15) is 11.4 Å². The maximum absolute atomic E-state index is 12.6. The lowest BCUT2D eigenvalue weighted by Gasteiger charge is -2.42. The van der Waals surface area contributed by atoms with Crippen molar-refractivity contribution in [3.05, 3.63) is 29.8 Å². The second kappa shape index (κ2) is 13.8. The van der Waals surface area contributed by atoms with E-state index in [2.05, 4.69) is 53.0 Å². The van der Waals surface area contributed by atoms with E-state index in [0.29, 0.717) is 19.8 Å². The molecule has 208 valence electrons. The minimum Gasteiger partial charge on any atom is -0.497 e. The largest absolute Gasteiger partial charge is 0.497 e. The van der Waals surface area contributed by atoms with Crippen molar-refractivity contribution >= 4 is 14.4 Å². The van der Waals surface area contributed by atoms with Crippen LogP contribution in [0.25, 0.3) is 0 Å². The van der Waals surface area contributed by atoms with E-state index in [9.17, 15) is 4.79 Å². The van der Waals surface area contributed by atoms with Crippen LogP contribution in [0.3, 0.4) is 0 Å². The van der Waals surface area contributed by atoms with Crippen LogP contribution in [-0.4, -0.2) is 70.9 Å². The average Bonchev–Trinajstić information content (AvgIpc) is 2.75. The van der Waals surface area contributed by atoms with Crippen molar-refractivity contribution in [3.8, 4) is 5.75 Å². The van der Waals surface area contributed by atoms with Crippen LogP contribution in [0.15, 0.2) is 24.3 Å². The van der Waals surface area contributed by atoms with Gasteiger partial charge in [-0.3, -0.25) is 0 Å². The third-order valence-corrected chi connectivity index (χ3v) is 11.1. The maximum atomic E-state index is 12.6. The molecule has 0 bridgehead atoms. The summed E-state index contributed by atoms with van der Waals surface area (Å²) in [4.78, 5) is 14.3. The molecular weight excluding hydrogens is 472 g/mol. The highest BCUT2D eigenvalue weighted by Gasteiger charge is 2.40. The van der Waals surface area contributed by atoms with E-state index in [-0.39, 0.29) is 29.2 Å². The number of benzene rings is 1. The van der Waals surface area contributed by atoms with Crippen molar-refractivity contribution in [2.24, 2.45) is 5.92 Å². The smallest absolute Gasteiger partial charge is 0.410 e. The number of rotatable bonds is 13. The van der Waals surface area contributed by atoms with E-state index >= 15 is 0 Å². The Labute approximate surface area is 221 Å². The van der Waals surface area contributed by atoms with Crippen LogP contribution in [0.2, 0.25) is 18.1 Å². The first-order chi connectivity index (χ1) is 16.4. The minimum absolute atomic E-state index is 0.0749. The Morgan fingerprint density at radius 3 is 2.14 bits per heavy atom. The van der Waals surface area contributed by atoms with Gasteiger partial charge in [-0.05, 0) is 69.4 Å². The predicted molar refractivity (Wildman–Crippen MR) is 150 cm³/mol. The summed E-state index contributed by atoms with van der Waals surface area (Å²) >= 11 is 0. The molecule has 0 saturated carbocycles. The van der Waals surface area contributed by atoms with Crippen LogP contribution >= 0.6 is 0 Å². The number of methoxy groups -OCH3 is 1. The molecule has 0 aliphatic carbocycles. The zero-order valence-corrected chi connectivity index (χ0v) is 25.9. The van der Waals surface area contributed by atoms with E-state index in [1.54, 1.807) is 19.1 Å². The van der Waals surface area contributed by atoms with E-state index < -0.39 is 13.9 Å². The molecule has 1 rings (SSSR count). The summed E-state index contributed by atoms with van der Waals surface area (Å²) in [5, 5.41) is 3.66. The van der Waals surface area contributed by atoms with E-state index in [1.165, 1.54) is 0 Å². The van der Waals surface area contributed by atoms with E-state index in [4.69, 9.17) is 18.6 Å². The van der Waals surface area contributed by atoms with E-state index in [0.717, 1.165) is 17.9 Å². The van der Waals surface area contributed by atoms with Gasteiger partial charge in [0.05, 0.1) is 26.4 Å². The van der Waals surface area contributed by atoms with Crippen LogP contribution in [0.1, 0.15) is 61.0 Å². The third kappa shape index (κ3) is 11.6. The molecule has 0 unspecified atom stereocenters. The molecule has 7 nitrogen and oxygen atoms in total. The van der Waals surface area contributed by atoms with Gasteiger partial charge in [-0.25, -0.2) is 4.79 Å². The number of carbonyl (C=O) groups excluding carboxylic acids is 1. The molecule has 8 heteroatoms. The number of amides is 1. The summed E-state index contributed by atoms with van der Waals surface area (Å²) in [7, 11) is 1.41. The lowest BCUT2D eigenvalue weighted by Crippen LogP contribution is -2.51. The molecule has 3 atom stereocenters. The molecule has 0 aromatic heterocycles. The molecule has 0 aliphatic heterocycles. The number of nitrogens with zero attached hydrogens (tertiary/aromatic N) is 1. The summed E-state index contributed by atoms with van der Waals surface area (Å²) in [6.07, 6.45) is -0.435. The molecule has 0 heterocycles. The summed E-state index contributed by atoms with van der Waals surface area (Å²) in [6.45, 7) is 23.6. The highest BCUT2D eigenvalue weighted by molar-refractivity contribution is 6.74. The molecule has 0 radical (unpaired) electrons. The Hall–Kier alpha value is -1.61. The average molecular weight is 525 g/mol. The van der Waals surface area contributed by atoms with Gasteiger partial charge < -0.3 is 28.9 Å². The van der Waals surface area contributed by atoms with Crippen molar-refractivity contribution in [1.29, 1.82) is 0 Å². The zero-order chi connectivity index (χ0) is 27.7. The van der Waals surface area contributed by atoms with Gasteiger partial charge in [-0.2, -0.15) is 0 Å². The van der Waals surface area contributed by atoms with Gasteiger partial charge in [0.25, 0.3) is 0 Å². The number of ether oxygens (including phenoxy) is 3. The molecule has 0 spiro atoms. The second-order valence-corrected chi connectivity index (χ2v) is 17.2. The summed E-state index contributed by atoms with van der Waals surface area (Å²) < 4.78 is 23.5. The van der Waals surface area contributed by atoms with Crippen molar-refractivity contribution in [2.45, 2.75) is 97.9 Å². The first-order valence-corrected chi connectivity index (χ1v) is 15.9. The Balaban J connectivity index is 2.71. The van der Waals surface area contributed by atoms with Gasteiger partial charge in [-0.15, -0.1) is 0 Å². The van der Waals surface area contributed by atoms with Crippen molar-refractivity contribution < 1.29 is 23.4 Å². The van der Waals surface area contributed by atoms with Crippen LogP contribution in [0, 0.1) is 5.92 Å². The highest BCUT2D eigenvalue weighted by atomic mass is 28.4. The monoisotopic (exact) mass is 524 g/mol. The maximum Gasteiger partial charge on any atom is 0.410 e. The lowest BCUT2D eigenvalue weighted by atomic mass is 10.0. The quantitative estimate of drug-likeness (QED) is 0.315. The number of carbonyl (C=O) groups is 1. The van der Waals surface area contributed by atoms with Crippen LogP contribution in [0.5, 0.6) is 5.75 Å². The van der Waals surface area contributed by atoms with Gasteiger partial charge in [0.2, 0.25) is 0 Å². The third-order valence-electron chi connectivity index (χ3n) is 6.63. The second-order valence-electron chi connectivity index (χ2n) is 12.4. The van der Waals surface area contributed by atoms with Gasteiger partial charge >= 0.3 is 6.09 Å². The number of likely N-dealkylation sites (N-methyl/N-ethyl adjacent to an activating group) is 1. The fraction of sp³-hybridized carbons (Fsp3) is 0.750. The van der Waals surface area contributed by atoms with Gasteiger partial charge in [-0.1, -0.05) is 39.8 Å². The molecule has 36 heavy (non-hydrogen) atoms. The van der Waals surface area contributed by atoms with Crippen LogP contribution in [0.4, 0.5) is 4.79 Å². The topological polar surface area (TPSA) is 69.3 Å². The number of hydrogen-bond acceptors (Lipinski definition) is 6. The zero-order valence-electron chi connectivity index (χ0n) is 24.9. The van der Waals surface area contributed by atoms with Crippen molar-refractivity contribution in [1.82, 2.24) is 10.2 Å². The number of hydrogen-bond donors (Lipinski definition) is 1. The van der Waals surface area contributed by atoms with Crippen LogP contribution < -0.4 is 10.1 Å². The predicted octanol–water partition coefficient (Wildman–Crippen LogP) is 6.08. The summed E-state index contributed by atoms with van der Waals surface area (Å²) in [6, 6.07) is 8.10. The summed E-state index contributed by atoms with van der Waals surface area (Å²) in [5.74, 6) is 1.03. The normalized spacial score (nSPS) is 15.2. The Morgan fingerprint density at radius 2 is 1.64 bits per heavy atom. The van der Waals surface area contributed by atoms with E-state index in [1.807, 2.05) is 45.0 Å². The first kappa shape index (κ1) is 32.4. The molecule has 0 aliphatic rings. The van der Waals surface area contributed by atoms with Crippen LogP contribution in [-0.2, 0) is 20.5 Å². The van der Waals surface area contributed by atoms with Gasteiger partial charge in [0, 0.05) is 26.2 Å². The molecule has 1 aromatic rings. The standard InChI is InChI=1S/C28H52N2O5Si/c1-21(17-29-22(2)19-33-20-23-13-15-24(32-10)16-14-23)25(35-36(11,12)28(6,7)8)18-30(9)26(31)34-27(3,4)5/h13-16,21-22,25,29H,17-20H2,1-12H3/t21-,22+,25+/m1/s1. The molecular formula is C28H52N2O5Si. The SMILES string of the molecule is COc1ccc(COC[C@H](C)NC[C@@H](C)[C@H](CN(C)C(=O)OC(C)(C)C)O[Si](C)(C)C(C)(C)C)cc1. The minimum atomic E-state index is -2.04. The number of nitrogens with one attached hydrogen (secondary N) is 1. The molecule has 1 N–H and O–H groups in total. The molecule has 1 amide bonds. The Morgan fingerprint density at radius 1 is 1.06 bits per heavy atom. The first-order valence-electron chi connectivity index (χ1n) is 13.0. The van der Waals surface area contributed by atoms with Crippen molar-refractivity contribution in [3.63, 3.8) is 0 Å².